The molecule has 28 heavy (non-hydrogen) atoms. The van der Waals surface area contributed by atoms with E-state index in [4.69, 9.17) is 0 Å². The minimum absolute atomic E-state index is 0.0687. The van der Waals surface area contributed by atoms with E-state index in [1.807, 2.05) is 6.07 Å². The number of aromatic nitrogens is 1. The predicted molar refractivity (Wildman–Crippen MR) is 98.6 cm³/mol. The molecule has 1 amide bonds. The van der Waals surface area contributed by atoms with E-state index in [2.05, 4.69) is 4.90 Å². The van der Waals surface area contributed by atoms with Crippen LogP contribution in [0.25, 0.3) is 0 Å². The Bertz CT molecular complexity index is 895. The maximum Gasteiger partial charge on any atom is 0.263 e. The van der Waals surface area contributed by atoms with Crippen molar-refractivity contribution < 1.29 is 13.6 Å². The summed E-state index contributed by atoms with van der Waals surface area (Å²) in [4.78, 5) is 30.0. The van der Waals surface area contributed by atoms with Crippen LogP contribution in [0.3, 0.4) is 0 Å². The molecule has 1 aromatic heterocycles. The van der Waals surface area contributed by atoms with E-state index >= 15 is 0 Å². The first-order valence-corrected chi connectivity index (χ1v) is 10.6. The summed E-state index contributed by atoms with van der Waals surface area (Å²) in [6, 6.07) is 4.29. The van der Waals surface area contributed by atoms with Crippen LogP contribution in [0.2, 0.25) is 0 Å². The van der Waals surface area contributed by atoms with Crippen molar-refractivity contribution in [2.24, 2.45) is 17.8 Å². The molecule has 6 rings (SSSR count). The minimum Gasteiger partial charge on any atom is -0.337 e. The Morgan fingerprint density at radius 1 is 1.04 bits per heavy atom. The SMILES string of the molecule is O=C(c1ccc2n(c1=O)C[C@H]1C[C@@H]2CN(C2CCC2)C1)N1CC2C(C1)C2(F)F. The van der Waals surface area contributed by atoms with Crippen molar-refractivity contribution in [2.45, 2.75) is 50.1 Å². The van der Waals surface area contributed by atoms with E-state index in [-0.39, 0.29) is 30.1 Å². The zero-order chi connectivity index (χ0) is 19.2. The summed E-state index contributed by atoms with van der Waals surface area (Å²) in [7, 11) is 0. The second kappa shape index (κ2) is 5.65. The molecule has 2 unspecified atom stereocenters. The fourth-order valence-electron chi connectivity index (χ4n) is 6.04. The standard InChI is InChI=1S/C21H25F2N3O2/c22-21(23)16-10-25(11-17(16)21)19(27)15-4-5-18-13-6-12(8-26(18)20(15)28)7-24(9-13)14-2-1-3-14/h4-5,12-14,16-17H,1-3,6-11H2/t12-,13+,16?,17?/m0/s1. The highest BCUT2D eigenvalue weighted by molar-refractivity contribution is 5.94. The number of likely N-dealkylation sites (tertiary alicyclic amines) is 2. The molecule has 7 heteroatoms. The molecule has 4 atom stereocenters. The van der Waals surface area contributed by atoms with Gasteiger partial charge in [-0.15, -0.1) is 0 Å². The largest absolute Gasteiger partial charge is 0.337 e. The highest BCUT2D eigenvalue weighted by Crippen LogP contribution is 2.59. The third-order valence-electron chi connectivity index (χ3n) is 7.94. The molecule has 4 heterocycles. The van der Waals surface area contributed by atoms with E-state index in [1.165, 1.54) is 24.2 Å². The van der Waals surface area contributed by atoms with Gasteiger partial charge in [0, 0.05) is 50.4 Å². The summed E-state index contributed by atoms with van der Waals surface area (Å²) in [6.07, 6.45) is 5.01. The molecule has 2 bridgehead atoms. The molecule has 150 valence electrons. The molecule has 2 saturated carbocycles. The number of fused-ring (bicyclic) bond motifs is 5. The highest BCUT2D eigenvalue weighted by Gasteiger charge is 2.72. The van der Waals surface area contributed by atoms with Crippen LogP contribution in [0.15, 0.2) is 16.9 Å². The first kappa shape index (κ1) is 17.1. The summed E-state index contributed by atoms with van der Waals surface area (Å²) in [6.45, 7) is 2.84. The van der Waals surface area contributed by atoms with Crippen LogP contribution in [-0.4, -0.2) is 58.4 Å². The summed E-state index contributed by atoms with van der Waals surface area (Å²) < 4.78 is 28.7. The highest BCUT2D eigenvalue weighted by atomic mass is 19.3. The Balaban J connectivity index is 1.25. The second-order valence-corrected chi connectivity index (χ2v) is 9.52. The summed E-state index contributed by atoms with van der Waals surface area (Å²) >= 11 is 0. The number of piperidine rings is 2. The molecular formula is C21H25F2N3O2. The smallest absolute Gasteiger partial charge is 0.263 e. The van der Waals surface area contributed by atoms with Crippen LogP contribution in [0.5, 0.6) is 0 Å². The summed E-state index contributed by atoms with van der Waals surface area (Å²) in [5.41, 5.74) is 0.948. The molecule has 0 radical (unpaired) electrons. The molecule has 0 aromatic carbocycles. The number of hydrogen-bond acceptors (Lipinski definition) is 3. The Hall–Kier alpha value is -1.76. The molecule has 2 saturated heterocycles. The van der Waals surface area contributed by atoms with E-state index in [1.54, 1.807) is 10.6 Å². The number of pyridine rings is 1. The fraction of sp³-hybridized carbons (Fsp3) is 0.714. The fourth-order valence-corrected chi connectivity index (χ4v) is 6.04. The van der Waals surface area contributed by atoms with Gasteiger partial charge in [-0.1, -0.05) is 6.42 Å². The van der Waals surface area contributed by atoms with E-state index < -0.39 is 17.8 Å². The van der Waals surface area contributed by atoms with Crippen LogP contribution in [-0.2, 0) is 6.54 Å². The number of halogens is 2. The van der Waals surface area contributed by atoms with Gasteiger partial charge in [-0.3, -0.25) is 14.5 Å². The number of carbonyl (C=O) groups excluding carboxylic acids is 1. The third-order valence-corrected chi connectivity index (χ3v) is 7.94. The number of carbonyl (C=O) groups is 1. The lowest BCUT2D eigenvalue weighted by Crippen LogP contribution is -2.52. The number of nitrogens with zero attached hydrogens (tertiary/aromatic N) is 3. The van der Waals surface area contributed by atoms with Gasteiger partial charge in [0.25, 0.3) is 17.4 Å². The van der Waals surface area contributed by atoms with E-state index in [0.29, 0.717) is 24.4 Å². The van der Waals surface area contributed by atoms with Gasteiger partial charge < -0.3 is 9.47 Å². The van der Waals surface area contributed by atoms with E-state index in [0.717, 1.165) is 25.2 Å². The van der Waals surface area contributed by atoms with Crippen molar-refractivity contribution >= 4 is 5.91 Å². The summed E-state index contributed by atoms with van der Waals surface area (Å²) in [5, 5.41) is 0. The van der Waals surface area contributed by atoms with Crippen molar-refractivity contribution in [3.05, 3.63) is 33.7 Å². The van der Waals surface area contributed by atoms with Crippen molar-refractivity contribution in [3.8, 4) is 0 Å². The van der Waals surface area contributed by atoms with Gasteiger partial charge >= 0.3 is 0 Å². The molecule has 0 spiro atoms. The van der Waals surface area contributed by atoms with Gasteiger partial charge in [-0.2, -0.15) is 0 Å². The van der Waals surface area contributed by atoms with Crippen molar-refractivity contribution in [1.82, 2.24) is 14.4 Å². The van der Waals surface area contributed by atoms with Crippen LogP contribution < -0.4 is 5.56 Å². The first-order chi connectivity index (χ1) is 13.4. The van der Waals surface area contributed by atoms with E-state index in [9.17, 15) is 18.4 Å². The van der Waals surface area contributed by atoms with Gasteiger partial charge in [0.1, 0.15) is 5.56 Å². The topological polar surface area (TPSA) is 45.6 Å². The maximum atomic E-state index is 13.4. The van der Waals surface area contributed by atoms with Crippen molar-refractivity contribution in [2.75, 3.05) is 26.2 Å². The monoisotopic (exact) mass is 389 g/mol. The zero-order valence-electron chi connectivity index (χ0n) is 15.8. The van der Waals surface area contributed by atoms with Gasteiger partial charge in [0.15, 0.2) is 0 Å². The number of alkyl halides is 2. The van der Waals surface area contributed by atoms with Crippen LogP contribution >= 0.6 is 0 Å². The normalized spacial score (nSPS) is 35.9. The van der Waals surface area contributed by atoms with Crippen LogP contribution in [0.4, 0.5) is 8.78 Å². The summed E-state index contributed by atoms with van der Waals surface area (Å²) in [5.74, 6) is -3.63. The Kier molecular flexibility index (Phi) is 3.46. The van der Waals surface area contributed by atoms with Crippen LogP contribution in [0, 0.1) is 17.8 Å². The number of rotatable bonds is 2. The lowest BCUT2D eigenvalue weighted by Gasteiger charge is -2.48. The lowest BCUT2D eigenvalue weighted by molar-refractivity contribution is 0.0447. The Morgan fingerprint density at radius 3 is 2.46 bits per heavy atom. The molecular weight excluding hydrogens is 364 g/mol. The number of hydrogen-bond donors (Lipinski definition) is 0. The Morgan fingerprint density at radius 2 is 1.79 bits per heavy atom. The molecule has 3 aliphatic heterocycles. The number of amides is 1. The van der Waals surface area contributed by atoms with Gasteiger partial charge in [-0.05, 0) is 37.3 Å². The second-order valence-electron chi connectivity index (χ2n) is 9.52. The molecule has 2 aliphatic carbocycles. The van der Waals surface area contributed by atoms with Crippen molar-refractivity contribution in [1.29, 1.82) is 0 Å². The maximum absolute atomic E-state index is 13.4. The quantitative estimate of drug-likeness (QED) is 0.779. The zero-order valence-corrected chi connectivity index (χ0v) is 15.8. The first-order valence-electron chi connectivity index (χ1n) is 10.6. The van der Waals surface area contributed by atoms with Gasteiger partial charge in [-0.25, -0.2) is 8.78 Å². The average Bonchev–Trinajstić information content (AvgIpc) is 2.96. The minimum atomic E-state index is -2.62. The van der Waals surface area contributed by atoms with Gasteiger partial charge in [0.05, 0.1) is 11.8 Å². The molecule has 5 aliphatic rings. The Labute approximate surface area is 162 Å². The van der Waals surface area contributed by atoms with Crippen LogP contribution in [0.1, 0.15) is 47.7 Å². The molecule has 1 aromatic rings. The molecule has 5 nitrogen and oxygen atoms in total. The average molecular weight is 389 g/mol. The predicted octanol–water partition coefficient (Wildman–Crippen LogP) is 2.16. The molecule has 0 N–H and O–H groups in total. The van der Waals surface area contributed by atoms with Gasteiger partial charge in [0.2, 0.25) is 0 Å². The third kappa shape index (κ3) is 2.31. The molecule has 4 fully saturated rings. The lowest BCUT2D eigenvalue weighted by atomic mass is 9.80. The van der Waals surface area contributed by atoms with Crippen molar-refractivity contribution in [3.63, 3.8) is 0 Å².